The van der Waals surface area contributed by atoms with Crippen molar-refractivity contribution in [1.29, 1.82) is 0 Å². The predicted octanol–water partition coefficient (Wildman–Crippen LogP) is 5.26. The summed E-state index contributed by atoms with van der Waals surface area (Å²) < 4.78 is 12.5. The van der Waals surface area contributed by atoms with Crippen molar-refractivity contribution < 1.29 is 19.1 Å². The molecule has 5 heteroatoms. The Morgan fingerprint density at radius 2 is 1.74 bits per heavy atom. The molecule has 0 spiro atoms. The molecule has 1 atom stereocenters. The van der Waals surface area contributed by atoms with Crippen LogP contribution in [0, 0.1) is 5.92 Å². The number of rotatable bonds is 12. The average molecular weight is 487 g/mol. The number of hydrogen-bond acceptors (Lipinski definition) is 4. The van der Waals surface area contributed by atoms with Crippen LogP contribution < -0.4 is 13.9 Å². The quantitative estimate of drug-likeness (QED) is 0.177. The van der Waals surface area contributed by atoms with Gasteiger partial charge in [0.25, 0.3) is 0 Å². The van der Waals surface area contributed by atoms with Gasteiger partial charge in [0, 0.05) is 0 Å². The second-order valence-electron chi connectivity index (χ2n) is 8.02. The summed E-state index contributed by atoms with van der Waals surface area (Å²) in [6.45, 7) is 2.21. The molecule has 2 aromatic rings. The molecule has 1 aliphatic rings. The van der Waals surface area contributed by atoms with Gasteiger partial charge in [0.15, 0.2) is 0 Å². The molecule has 1 heterocycles. The summed E-state index contributed by atoms with van der Waals surface area (Å²) in [6.07, 6.45) is 9.14. The third-order valence-corrected chi connectivity index (χ3v) is 7.95. The van der Waals surface area contributed by atoms with Crippen LogP contribution in [-0.2, 0) is 16.0 Å². The maximum absolute atomic E-state index is 12.5. The molecule has 166 valence electrons. The number of hydrogen-bond donors (Lipinski definition) is 0. The number of ether oxygens (including phenoxy) is 2. The van der Waals surface area contributed by atoms with Gasteiger partial charge in [0.05, 0.1) is 0 Å². The van der Waals surface area contributed by atoms with Crippen LogP contribution in [0.15, 0.2) is 48.5 Å². The van der Waals surface area contributed by atoms with Crippen LogP contribution in [0.3, 0.4) is 0 Å². The summed E-state index contributed by atoms with van der Waals surface area (Å²) in [5, 5.41) is 0.773. The number of unbranched alkanes of at least 4 members (excludes halogenated alkanes) is 6. The average Bonchev–Trinajstić information content (AvgIpc) is 2.78. The summed E-state index contributed by atoms with van der Waals surface area (Å²) >= 11 is 0.200. The fraction of sp³-hybridized carbons (Fsp3) is 0.462. The molecule has 0 saturated carbocycles. The molecule has 0 aromatic heterocycles. The molecule has 0 fully saturated rings. The van der Waals surface area contributed by atoms with E-state index in [-0.39, 0.29) is 32.8 Å². The third kappa shape index (κ3) is 7.52. The molecule has 1 aliphatic heterocycles. The van der Waals surface area contributed by atoms with Gasteiger partial charge in [-0.05, 0) is 0 Å². The van der Waals surface area contributed by atoms with Crippen molar-refractivity contribution in [3.05, 3.63) is 54.1 Å². The minimum atomic E-state index is -0.205. The van der Waals surface area contributed by atoms with Crippen LogP contribution in [0.1, 0.15) is 63.9 Å². The molecule has 0 bridgehead atoms. The summed E-state index contributed by atoms with van der Waals surface area (Å²) in [4.78, 5) is 24.8. The Morgan fingerprint density at radius 3 is 2.52 bits per heavy atom. The molecule has 0 radical (unpaired) electrons. The Hall–Kier alpha value is -2.10. The predicted molar refractivity (Wildman–Crippen MR) is 124 cm³/mol. The van der Waals surface area contributed by atoms with E-state index in [4.69, 9.17) is 9.47 Å². The van der Waals surface area contributed by atoms with E-state index < -0.39 is 0 Å². The van der Waals surface area contributed by atoms with E-state index in [1.54, 1.807) is 18.2 Å². The van der Waals surface area contributed by atoms with Crippen molar-refractivity contribution in [2.24, 2.45) is 5.92 Å². The number of benzene rings is 2. The summed E-state index contributed by atoms with van der Waals surface area (Å²) in [6, 6.07) is 15.6. The first-order valence-electron chi connectivity index (χ1n) is 11.4. The van der Waals surface area contributed by atoms with Gasteiger partial charge in [-0.25, -0.2) is 0 Å². The van der Waals surface area contributed by atoms with Crippen molar-refractivity contribution in [3.63, 3.8) is 0 Å². The zero-order valence-electron chi connectivity index (χ0n) is 18.3. The Labute approximate surface area is 191 Å². The normalized spacial score (nSPS) is 15.3. The van der Waals surface area contributed by atoms with Crippen molar-refractivity contribution in [2.75, 3.05) is 0 Å². The Kier molecular flexibility index (Phi) is 9.64. The number of fused-ring (bicyclic) bond motifs is 1. The topological polar surface area (TPSA) is 52.6 Å². The Balaban J connectivity index is 1.51. The molecular weight excluding hydrogens is 455 g/mol. The minimum absolute atomic E-state index is 0.183. The van der Waals surface area contributed by atoms with E-state index in [1.807, 2.05) is 18.2 Å². The van der Waals surface area contributed by atoms with E-state index in [0.29, 0.717) is 24.3 Å². The van der Waals surface area contributed by atoms with E-state index >= 15 is 0 Å². The molecular formula is C26H32O4Se. The van der Waals surface area contributed by atoms with Crippen molar-refractivity contribution in [3.8, 4) is 11.5 Å². The second kappa shape index (κ2) is 12.7. The van der Waals surface area contributed by atoms with E-state index in [0.717, 1.165) is 23.7 Å². The van der Waals surface area contributed by atoms with Crippen LogP contribution in [0.4, 0.5) is 0 Å². The molecule has 0 saturated heterocycles. The van der Waals surface area contributed by atoms with Gasteiger partial charge in [-0.2, -0.15) is 0 Å². The van der Waals surface area contributed by atoms with E-state index in [2.05, 4.69) is 19.1 Å². The van der Waals surface area contributed by atoms with Gasteiger partial charge < -0.3 is 0 Å². The zero-order valence-corrected chi connectivity index (χ0v) is 20.0. The van der Waals surface area contributed by atoms with Crippen LogP contribution >= 0.6 is 0 Å². The van der Waals surface area contributed by atoms with Crippen LogP contribution in [0.5, 0.6) is 11.5 Å². The Morgan fingerprint density at radius 1 is 1.00 bits per heavy atom. The third-order valence-electron chi connectivity index (χ3n) is 5.49. The molecule has 1 unspecified atom stereocenters. The second-order valence-corrected chi connectivity index (χ2v) is 10.3. The molecule has 3 rings (SSSR count). The first kappa shape index (κ1) is 23.6. The van der Waals surface area contributed by atoms with Crippen LogP contribution in [-0.4, -0.2) is 26.9 Å². The number of carbonyl (C=O) groups excluding carboxylic acids is 2. The van der Waals surface area contributed by atoms with E-state index in [1.165, 1.54) is 36.6 Å². The first-order valence-corrected chi connectivity index (χ1v) is 13.5. The summed E-state index contributed by atoms with van der Waals surface area (Å²) in [5.41, 5.74) is 0.837. The number of esters is 2. The molecule has 31 heavy (non-hydrogen) atoms. The van der Waals surface area contributed by atoms with Gasteiger partial charge in [-0.15, -0.1) is 0 Å². The van der Waals surface area contributed by atoms with Gasteiger partial charge in [-0.3, -0.25) is 0 Å². The van der Waals surface area contributed by atoms with Crippen molar-refractivity contribution in [2.45, 2.75) is 70.0 Å². The molecule has 0 amide bonds. The molecule has 4 nitrogen and oxygen atoms in total. The van der Waals surface area contributed by atoms with E-state index in [9.17, 15) is 9.59 Å². The standard InChI is InChI=1S/C26H32O4Se/c1-2-3-4-5-6-7-11-17-25(27)29-23-15-12-16-24-22(23)18-20(26(28)30-24)19-31-21-13-9-8-10-14-21/h8-10,12-16,20H,2-7,11,17-19H2,1H3. The summed E-state index contributed by atoms with van der Waals surface area (Å²) in [5.74, 6) is 0.473. The molecule has 0 N–H and O–H groups in total. The fourth-order valence-electron chi connectivity index (χ4n) is 3.70. The molecule has 0 aliphatic carbocycles. The van der Waals surface area contributed by atoms with Gasteiger partial charge in [0.2, 0.25) is 0 Å². The maximum atomic E-state index is 12.5. The van der Waals surface area contributed by atoms with Gasteiger partial charge in [0.1, 0.15) is 0 Å². The van der Waals surface area contributed by atoms with Crippen molar-refractivity contribution >= 4 is 31.4 Å². The van der Waals surface area contributed by atoms with Gasteiger partial charge in [-0.1, -0.05) is 26.2 Å². The van der Waals surface area contributed by atoms with Gasteiger partial charge >= 0.3 is 166 Å². The number of carbonyl (C=O) groups is 2. The Bertz CT molecular complexity index is 850. The van der Waals surface area contributed by atoms with Crippen LogP contribution in [0.2, 0.25) is 5.32 Å². The fourth-order valence-corrected chi connectivity index (χ4v) is 5.79. The first-order chi connectivity index (χ1) is 15.2. The van der Waals surface area contributed by atoms with Crippen molar-refractivity contribution in [1.82, 2.24) is 0 Å². The summed E-state index contributed by atoms with van der Waals surface area (Å²) in [7, 11) is 0. The zero-order chi connectivity index (χ0) is 21.9. The SMILES string of the molecule is CCCCCCCCCC(=O)Oc1cccc2c1CC(C[Se]c1ccccc1)C(=O)O2. The van der Waals surface area contributed by atoms with Crippen LogP contribution in [0.25, 0.3) is 0 Å². The molecule has 2 aromatic carbocycles. The monoisotopic (exact) mass is 488 g/mol.